The van der Waals surface area contributed by atoms with Gasteiger partial charge in [0, 0.05) is 12.6 Å². The number of likely N-dealkylation sites (N-methyl/N-ethyl adjacent to an activating group) is 1. The van der Waals surface area contributed by atoms with Gasteiger partial charge in [-0.05, 0) is 23.8 Å². The molecule has 0 atom stereocenters. The van der Waals surface area contributed by atoms with Crippen LogP contribution in [0.3, 0.4) is 0 Å². The maximum atomic E-state index is 11.5. The molecule has 1 aromatic rings. The number of ether oxygens (including phenoxy) is 2. The van der Waals surface area contributed by atoms with Gasteiger partial charge in [0.05, 0.1) is 7.11 Å². The lowest BCUT2D eigenvalue weighted by atomic mass is 10.0. The molecule has 0 aliphatic carbocycles. The fourth-order valence-corrected chi connectivity index (χ4v) is 1.91. The van der Waals surface area contributed by atoms with Crippen LogP contribution in [0.2, 0.25) is 0 Å². The molecule has 0 bridgehead atoms. The summed E-state index contributed by atoms with van der Waals surface area (Å²) in [5.74, 6) is 0.920. The smallest absolute Gasteiger partial charge is 0.261 e. The Balaban J connectivity index is 2.37. The highest BCUT2D eigenvalue weighted by Crippen LogP contribution is 2.35. The van der Waals surface area contributed by atoms with Crippen molar-refractivity contribution in [3.63, 3.8) is 0 Å². The van der Waals surface area contributed by atoms with Gasteiger partial charge in [0.15, 0.2) is 11.5 Å². The van der Waals surface area contributed by atoms with E-state index in [1.165, 1.54) is 13.1 Å². The van der Waals surface area contributed by atoms with Gasteiger partial charge >= 0.3 is 0 Å². The number of rotatable bonds is 3. The number of nitrogens with zero attached hydrogens (tertiary/aromatic N) is 1. The lowest BCUT2D eigenvalue weighted by molar-refractivity contribution is -0.116. The summed E-state index contributed by atoms with van der Waals surface area (Å²) in [6, 6.07) is 7.43. The van der Waals surface area contributed by atoms with Gasteiger partial charge in [-0.15, -0.1) is 0 Å². The van der Waals surface area contributed by atoms with Gasteiger partial charge in [0.25, 0.3) is 5.91 Å². The predicted octanol–water partition coefficient (Wildman–Crippen LogP) is 1.67. The standard InChI is InChI=1S/C15H14N2O3/c1-17-15(18)12(8-16)7-10-6-11-4-3-5-13(19-2)14(11)20-9-10/h3-7H,9H2,1-2H3,(H,17,18). The quantitative estimate of drug-likeness (QED) is 0.670. The highest BCUT2D eigenvalue weighted by molar-refractivity contribution is 5.97. The minimum absolute atomic E-state index is 0.0497. The summed E-state index contributed by atoms with van der Waals surface area (Å²) >= 11 is 0. The second-order valence-corrected chi connectivity index (χ2v) is 4.14. The van der Waals surface area contributed by atoms with Crippen molar-refractivity contribution in [1.82, 2.24) is 5.32 Å². The summed E-state index contributed by atoms with van der Waals surface area (Å²) in [4.78, 5) is 11.5. The SMILES string of the molecule is CNC(=O)C(C#N)=CC1=Cc2cccc(OC)c2OC1. The average Bonchev–Trinajstić information content (AvgIpc) is 2.50. The molecule has 0 unspecified atom stereocenters. The van der Waals surface area contributed by atoms with Crippen LogP contribution >= 0.6 is 0 Å². The summed E-state index contributed by atoms with van der Waals surface area (Å²) in [5, 5.41) is 11.4. The number of hydrogen-bond acceptors (Lipinski definition) is 4. The molecule has 1 aliphatic rings. The van der Waals surface area contributed by atoms with Gasteiger partial charge in [-0.2, -0.15) is 5.26 Å². The van der Waals surface area contributed by atoms with Gasteiger partial charge in [0.1, 0.15) is 18.2 Å². The maximum absolute atomic E-state index is 11.5. The zero-order chi connectivity index (χ0) is 14.5. The summed E-state index contributed by atoms with van der Waals surface area (Å²) in [7, 11) is 3.07. The molecule has 1 amide bonds. The number of fused-ring (bicyclic) bond motifs is 1. The van der Waals surface area contributed by atoms with Crippen LogP contribution < -0.4 is 14.8 Å². The number of para-hydroxylation sites is 1. The average molecular weight is 270 g/mol. The number of benzene rings is 1. The van der Waals surface area contributed by atoms with E-state index in [-0.39, 0.29) is 12.2 Å². The van der Waals surface area contributed by atoms with E-state index in [1.807, 2.05) is 30.3 Å². The van der Waals surface area contributed by atoms with E-state index in [9.17, 15) is 4.79 Å². The summed E-state index contributed by atoms with van der Waals surface area (Å²) in [6.07, 6.45) is 3.41. The van der Waals surface area contributed by atoms with E-state index in [1.54, 1.807) is 7.11 Å². The normalized spacial score (nSPS) is 13.4. The van der Waals surface area contributed by atoms with Crippen LogP contribution in [0, 0.1) is 11.3 Å². The first kappa shape index (κ1) is 13.7. The van der Waals surface area contributed by atoms with Gasteiger partial charge < -0.3 is 14.8 Å². The molecule has 20 heavy (non-hydrogen) atoms. The van der Waals surface area contributed by atoms with Crippen LogP contribution in [0.1, 0.15) is 5.56 Å². The summed E-state index contributed by atoms with van der Waals surface area (Å²) in [5.41, 5.74) is 1.66. The van der Waals surface area contributed by atoms with E-state index in [0.29, 0.717) is 11.5 Å². The number of amides is 1. The minimum Gasteiger partial charge on any atom is -0.493 e. The van der Waals surface area contributed by atoms with Crippen LogP contribution in [0.15, 0.2) is 35.4 Å². The predicted molar refractivity (Wildman–Crippen MR) is 74.2 cm³/mol. The molecule has 1 aromatic carbocycles. The Bertz CT molecular complexity index is 639. The summed E-state index contributed by atoms with van der Waals surface area (Å²) < 4.78 is 10.9. The van der Waals surface area contributed by atoms with Crippen molar-refractivity contribution >= 4 is 12.0 Å². The lowest BCUT2D eigenvalue weighted by Gasteiger charge is -2.18. The van der Waals surface area contributed by atoms with Crippen molar-refractivity contribution < 1.29 is 14.3 Å². The van der Waals surface area contributed by atoms with E-state index < -0.39 is 5.91 Å². The molecule has 5 nitrogen and oxygen atoms in total. The molecule has 2 rings (SSSR count). The second kappa shape index (κ2) is 5.93. The van der Waals surface area contributed by atoms with Crippen molar-refractivity contribution in [2.45, 2.75) is 0 Å². The highest BCUT2D eigenvalue weighted by atomic mass is 16.5. The Labute approximate surface area is 117 Å². The van der Waals surface area contributed by atoms with Crippen LogP contribution in [0.5, 0.6) is 11.5 Å². The van der Waals surface area contributed by atoms with Crippen LogP contribution in [-0.4, -0.2) is 26.7 Å². The zero-order valence-electron chi connectivity index (χ0n) is 11.3. The fraction of sp³-hybridized carbons (Fsp3) is 0.200. The first-order valence-corrected chi connectivity index (χ1v) is 6.04. The van der Waals surface area contributed by atoms with Crippen LogP contribution in [-0.2, 0) is 4.79 Å². The number of nitrogens with one attached hydrogen (secondary N) is 1. The molecule has 1 N–H and O–H groups in total. The van der Waals surface area contributed by atoms with Crippen molar-refractivity contribution in [1.29, 1.82) is 5.26 Å². The third-order valence-electron chi connectivity index (χ3n) is 2.88. The molecule has 0 saturated heterocycles. The molecule has 0 saturated carbocycles. The third kappa shape index (κ3) is 2.64. The Kier molecular flexibility index (Phi) is 4.06. The molecule has 0 aromatic heterocycles. The molecular formula is C15H14N2O3. The van der Waals surface area contributed by atoms with Crippen LogP contribution in [0.25, 0.3) is 6.08 Å². The number of carbonyl (C=O) groups excluding carboxylic acids is 1. The second-order valence-electron chi connectivity index (χ2n) is 4.14. The van der Waals surface area contributed by atoms with E-state index in [4.69, 9.17) is 14.7 Å². The maximum Gasteiger partial charge on any atom is 0.261 e. The van der Waals surface area contributed by atoms with Gasteiger partial charge in [-0.25, -0.2) is 0 Å². The molecule has 1 aliphatic heterocycles. The van der Waals surface area contributed by atoms with Gasteiger partial charge in [0.2, 0.25) is 0 Å². The lowest BCUT2D eigenvalue weighted by Crippen LogP contribution is -2.20. The first-order valence-electron chi connectivity index (χ1n) is 6.04. The fourth-order valence-electron chi connectivity index (χ4n) is 1.91. The number of hydrogen-bond donors (Lipinski definition) is 1. The molecule has 1 heterocycles. The number of nitriles is 1. The highest BCUT2D eigenvalue weighted by Gasteiger charge is 2.16. The summed E-state index contributed by atoms with van der Waals surface area (Å²) in [6.45, 7) is 0.287. The van der Waals surface area contributed by atoms with E-state index in [0.717, 1.165) is 11.1 Å². The van der Waals surface area contributed by atoms with Crippen LogP contribution in [0.4, 0.5) is 0 Å². The van der Waals surface area contributed by atoms with E-state index >= 15 is 0 Å². The zero-order valence-corrected chi connectivity index (χ0v) is 11.3. The molecular weight excluding hydrogens is 256 g/mol. The minimum atomic E-state index is -0.412. The molecule has 0 radical (unpaired) electrons. The number of carbonyl (C=O) groups is 1. The Morgan fingerprint density at radius 1 is 1.55 bits per heavy atom. The first-order chi connectivity index (χ1) is 9.69. The van der Waals surface area contributed by atoms with E-state index in [2.05, 4.69) is 5.32 Å². The van der Waals surface area contributed by atoms with Crippen molar-refractivity contribution in [3.05, 3.63) is 41.0 Å². The van der Waals surface area contributed by atoms with Gasteiger partial charge in [-0.1, -0.05) is 12.1 Å². The third-order valence-corrected chi connectivity index (χ3v) is 2.88. The molecule has 102 valence electrons. The monoisotopic (exact) mass is 270 g/mol. The molecule has 0 spiro atoms. The van der Waals surface area contributed by atoms with Gasteiger partial charge in [-0.3, -0.25) is 4.79 Å². The topological polar surface area (TPSA) is 71.4 Å². The molecule has 0 fully saturated rings. The largest absolute Gasteiger partial charge is 0.493 e. The Hall–Kier alpha value is -2.74. The van der Waals surface area contributed by atoms with Crippen molar-refractivity contribution in [3.8, 4) is 17.6 Å². The number of methoxy groups -OCH3 is 1. The van der Waals surface area contributed by atoms with Crippen molar-refractivity contribution in [2.75, 3.05) is 20.8 Å². The Morgan fingerprint density at radius 2 is 2.35 bits per heavy atom. The van der Waals surface area contributed by atoms with Crippen molar-refractivity contribution in [2.24, 2.45) is 0 Å². The Morgan fingerprint density at radius 3 is 3.00 bits per heavy atom. The molecule has 5 heteroatoms.